The average Bonchev–Trinajstić information content (AvgIpc) is 2.27. The monoisotopic (exact) mass is 218 g/mol. The van der Waals surface area contributed by atoms with E-state index in [1.165, 1.54) is 11.1 Å². The van der Waals surface area contributed by atoms with Gasteiger partial charge in [-0.25, -0.2) is 0 Å². The number of amides is 1. The summed E-state index contributed by atoms with van der Waals surface area (Å²) in [6.07, 6.45) is 0.519. The predicted octanol–water partition coefficient (Wildman–Crippen LogP) is 2.41. The first-order chi connectivity index (χ1) is 7.61. The van der Waals surface area contributed by atoms with Crippen LogP contribution in [-0.4, -0.2) is 13.0 Å². The SMILES string of the molecule is CNC1CC(=O)Nc2ccc(C(C)C)cc21. The summed E-state index contributed by atoms with van der Waals surface area (Å²) in [4.78, 5) is 11.5. The van der Waals surface area contributed by atoms with Gasteiger partial charge in [0, 0.05) is 18.2 Å². The number of carbonyl (C=O) groups is 1. The summed E-state index contributed by atoms with van der Waals surface area (Å²) in [6, 6.07) is 6.43. The van der Waals surface area contributed by atoms with E-state index in [9.17, 15) is 4.79 Å². The third-order valence-corrected chi connectivity index (χ3v) is 3.13. The van der Waals surface area contributed by atoms with Gasteiger partial charge in [0.2, 0.25) is 5.91 Å². The minimum atomic E-state index is 0.0872. The van der Waals surface area contributed by atoms with Gasteiger partial charge >= 0.3 is 0 Å². The fourth-order valence-corrected chi connectivity index (χ4v) is 2.10. The summed E-state index contributed by atoms with van der Waals surface area (Å²) >= 11 is 0. The molecule has 0 fully saturated rings. The largest absolute Gasteiger partial charge is 0.326 e. The molecule has 86 valence electrons. The Morgan fingerprint density at radius 3 is 2.81 bits per heavy atom. The highest BCUT2D eigenvalue weighted by molar-refractivity contribution is 5.94. The molecule has 1 amide bonds. The van der Waals surface area contributed by atoms with E-state index in [0.717, 1.165) is 5.69 Å². The Kier molecular flexibility index (Phi) is 2.97. The number of hydrogen-bond acceptors (Lipinski definition) is 2. The van der Waals surface area contributed by atoms with Gasteiger partial charge in [-0.15, -0.1) is 0 Å². The van der Waals surface area contributed by atoms with Crippen molar-refractivity contribution in [3.63, 3.8) is 0 Å². The summed E-state index contributed by atoms with van der Waals surface area (Å²) in [6.45, 7) is 4.36. The second-order valence-corrected chi connectivity index (χ2v) is 4.59. The van der Waals surface area contributed by atoms with Gasteiger partial charge < -0.3 is 10.6 Å². The molecule has 1 aliphatic rings. The smallest absolute Gasteiger partial charge is 0.226 e. The van der Waals surface area contributed by atoms with Gasteiger partial charge in [-0.1, -0.05) is 26.0 Å². The lowest BCUT2D eigenvalue weighted by atomic mass is 9.92. The highest BCUT2D eigenvalue weighted by Gasteiger charge is 2.24. The van der Waals surface area contributed by atoms with Crippen molar-refractivity contribution in [3.8, 4) is 0 Å². The summed E-state index contributed by atoms with van der Waals surface area (Å²) in [7, 11) is 1.90. The molecule has 1 aromatic rings. The molecule has 0 bridgehead atoms. The van der Waals surface area contributed by atoms with E-state index in [-0.39, 0.29) is 11.9 Å². The fraction of sp³-hybridized carbons (Fsp3) is 0.462. The van der Waals surface area contributed by atoms with Crippen molar-refractivity contribution < 1.29 is 4.79 Å². The first kappa shape index (κ1) is 11.1. The van der Waals surface area contributed by atoms with Crippen LogP contribution in [0.25, 0.3) is 0 Å². The molecule has 3 nitrogen and oxygen atoms in total. The quantitative estimate of drug-likeness (QED) is 0.800. The maximum atomic E-state index is 11.5. The molecule has 0 saturated heterocycles. The number of rotatable bonds is 2. The second-order valence-electron chi connectivity index (χ2n) is 4.59. The molecule has 1 unspecified atom stereocenters. The zero-order valence-corrected chi connectivity index (χ0v) is 10.0. The van der Waals surface area contributed by atoms with Gasteiger partial charge in [0.25, 0.3) is 0 Å². The molecule has 1 heterocycles. The lowest BCUT2D eigenvalue weighted by Gasteiger charge is -2.26. The maximum absolute atomic E-state index is 11.5. The van der Waals surface area contributed by atoms with E-state index < -0.39 is 0 Å². The zero-order chi connectivity index (χ0) is 11.7. The first-order valence-corrected chi connectivity index (χ1v) is 5.72. The van der Waals surface area contributed by atoms with Crippen molar-refractivity contribution >= 4 is 11.6 Å². The van der Waals surface area contributed by atoms with Gasteiger partial charge in [-0.2, -0.15) is 0 Å². The van der Waals surface area contributed by atoms with Crippen molar-refractivity contribution in [2.24, 2.45) is 0 Å². The van der Waals surface area contributed by atoms with E-state index in [1.54, 1.807) is 0 Å². The Hall–Kier alpha value is -1.35. The molecule has 1 atom stereocenters. The minimum Gasteiger partial charge on any atom is -0.326 e. The van der Waals surface area contributed by atoms with Crippen LogP contribution in [0.3, 0.4) is 0 Å². The summed E-state index contributed by atoms with van der Waals surface area (Å²) in [5, 5.41) is 6.11. The Balaban J connectivity index is 2.43. The van der Waals surface area contributed by atoms with Gasteiger partial charge in [0.05, 0.1) is 0 Å². The third-order valence-electron chi connectivity index (χ3n) is 3.13. The molecule has 0 aromatic heterocycles. The van der Waals surface area contributed by atoms with E-state index in [0.29, 0.717) is 12.3 Å². The molecular weight excluding hydrogens is 200 g/mol. The van der Waals surface area contributed by atoms with Gasteiger partial charge in [0.1, 0.15) is 0 Å². The number of nitrogens with one attached hydrogen (secondary N) is 2. The Morgan fingerprint density at radius 2 is 2.19 bits per heavy atom. The van der Waals surface area contributed by atoms with Crippen LogP contribution in [0, 0.1) is 0 Å². The van der Waals surface area contributed by atoms with Crippen LogP contribution in [-0.2, 0) is 4.79 Å². The van der Waals surface area contributed by atoms with Crippen molar-refractivity contribution in [1.82, 2.24) is 5.32 Å². The third kappa shape index (κ3) is 1.95. The highest BCUT2D eigenvalue weighted by Crippen LogP contribution is 2.32. The van der Waals surface area contributed by atoms with Crippen LogP contribution in [0.15, 0.2) is 18.2 Å². The zero-order valence-electron chi connectivity index (χ0n) is 10.0. The van der Waals surface area contributed by atoms with E-state index in [4.69, 9.17) is 0 Å². The molecule has 1 aromatic carbocycles. The van der Waals surface area contributed by atoms with Gasteiger partial charge in [-0.05, 0) is 30.2 Å². The van der Waals surface area contributed by atoms with Crippen molar-refractivity contribution in [2.75, 3.05) is 12.4 Å². The topological polar surface area (TPSA) is 41.1 Å². The Morgan fingerprint density at radius 1 is 1.44 bits per heavy atom. The number of carbonyl (C=O) groups excluding carboxylic acids is 1. The molecule has 0 saturated carbocycles. The molecule has 1 aliphatic heterocycles. The standard InChI is InChI=1S/C13H18N2O/c1-8(2)9-4-5-11-10(6-9)12(14-3)7-13(16)15-11/h4-6,8,12,14H,7H2,1-3H3,(H,15,16). The molecule has 3 heteroatoms. The molecule has 0 spiro atoms. The van der Waals surface area contributed by atoms with Crippen LogP contribution < -0.4 is 10.6 Å². The van der Waals surface area contributed by atoms with Crippen LogP contribution >= 0.6 is 0 Å². The van der Waals surface area contributed by atoms with Crippen molar-refractivity contribution in [3.05, 3.63) is 29.3 Å². The van der Waals surface area contributed by atoms with E-state index >= 15 is 0 Å². The summed E-state index contributed by atoms with van der Waals surface area (Å²) in [5.41, 5.74) is 3.46. The van der Waals surface area contributed by atoms with Crippen LogP contribution in [0.2, 0.25) is 0 Å². The summed E-state index contributed by atoms with van der Waals surface area (Å²) < 4.78 is 0. The lowest BCUT2D eigenvalue weighted by Crippen LogP contribution is -2.29. The highest BCUT2D eigenvalue weighted by atomic mass is 16.1. The maximum Gasteiger partial charge on any atom is 0.226 e. The second kappa shape index (κ2) is 4.26. The van der Waals surface area contributed by atoms with Crippen LogP contribution in [0.1, 0.15) is 43.4 Å². The van der Waals surface area contributed by atoms with E-state index in [2.05, 4.69) is 36.6 Å². The fourth-order valence-electron chi connectivity index (χ4n) is 2.10. The van der Waals surface area contributed by atoms with Crippen molar-refractivity contribution in [2.45, 2.75) is 32.2 Å². The first-order valence-electron chi connectivity index (χ1n) is 5.72. The number of anilines is 1. The minimum absolute atomic E-state index is 0.0872. The van der Waals surface area contributed by atoms with Gasteiger partial charge in [0.15, 0.2) is 0 Å². The number of hydrogen-bond donors (Lipinski definition) is 2. The average molecular weight is 218 g/mol. The molecule has 0 radical (unpaired) electrons. The molecule has 0 aliphatic carbocycles. The normalized spacial score (nSPS) is 19.5. The molecule has 2 N–H and O–H groups in total. The molecule has 16 heavy (non-hydrogen) atoms. The van der Waals surface area contributed by atoms with Crippen LogP contribution in [0.4, 0.5) is 5.69 Å². The predicted molar refractivity (Wildman–Crippen MR) is 65.6 cm³/mol. The van der Waals surface area contributed by atoms with Gasteiger partial charge in [-0.3, -0.25) is 4.79 Å². The van der Waals surface area contributed by atoms with Crippen molar-refractivity contribution in [1.29, 1.82) is 0 Å². The summed E-state index contributed by atoms with van der Waals surface area (Å²) in [5.74, 6) is 0.601. The van der Waals surface area contributed by atoms with E-state index in [1.807, 2.05) is 13.1 Å². The Bertz CT molecular complexity index is 412. The molecular formula is C13H18N2O. The lowest BCUT2D eigenvalue weighted by molar-refractivity contribution is -0.117. The number of fused-ring (bicyclic) bond motifs is 1. The van der Waals surface area contributed by atoms with Crippen LogP contribution in [0.5, 0.6) is 0 Å². The number of benzene rings is 1. The Labute approximate surface area is 96.2 Å². The molecule has 2 rings (SSSR count).